The Balaban J connectivity index is 2.07. The van der Waals surface area contributed by atoms with Gasteiger partial charge in [0.2, 0.25) is 0 Å². The Morgan fingerprint density at radius 3 is 2.84 bits per heavy atom. The van der Waals surface area contributed by atoms with Crippen LogP contribution in [0.2, 0.25) is 0 Å². The molecule has 1 aliphatic carbocycles. The Bertz CT molecular complexity index is 496. The normalized spacial score (nSPS) is 24.8. The third kappa shape index (κ3) is 2.81. The number of aryl methyl sites for hydroxylation is 1. The Morgan fingerprint density at radius 2 is 2.26 bits per heavy atom. The number of nitrogens with zero attached hydrogens (tertiary/aromatic N) is 1. The van der Waals surface area contributed by atoms with Crippen LogP contribution in [0.3, 0.4) is 0 Å². The zero-order valence-corrected chi connectivity index (χ0v) is 12.1. The number of aromatic amines is 1. The summed E-state index contributed by atoms with van der Waals surface area (Å²) in [5.74, 6) is 1.38. The zero-order valence-electron chi connectivity index (χ0n) is 12.1. The van der Waals surface area contributed by atoms with Gasteiger partial charge in [0.05, 0.1) is 6.10 Å². The van der Waals surface area contributed by atoms with E-state index in [1.807, 2.05) is 13.8 Å². The molecule has 5 nitrogen and oxygen atoms in total. The van der Waals surface area contributed by atoms with Gasteiger partial charge in [0.15, 0.2) is 0 Å². The number of H-pyrrole nitrogens is 1. The number of hydrogen-bond donors (Lipinski definition) is 2. The first-order valence-corrected chi connectivity index (χ1v) is 6.95. The van der Waals surface area contributed by atoms with Crippen LogP contribution in [0.4, 0.5) is 5.82 Å². The van der Waals surface area contributed by atoms with Crippen molar-refractivity contribution in [1.82, 2.24) is 9.97 Å². The zero-order chi connectivity index (χ0) is 14.0. The molecule has 0 radical (unpaired) electrons. The summed E-state index contributed by atoms with van der Waals surface area (Å²) in [6.07, 6.45) is 1.96. The summed E-state index contributed by atoms with van der Waals surface area (Å²) in [7, 11) is 0. The minimum atomic E-state index is -0.104. The highest BCUT2D eigenvalue weighted by atomic mass is 16.5. The summed E-state index contributed by atoms with van der Waals surface area (Å²) in [6.45, 7) is 9.10. The molecule has 1 aromatic rings. The molecular weight excluding hydrogens is 242 g/mol. The van der Waals surface area contributed by atoms with Gasteiger partial charge in [-0.1, -0.05) is 20.8 Å². The number of ether oxygens (including phenoxy) is 1. The smallest absolute Gasteiger partial charge is 0.252 e. The van der Waals surface area contributed by atoms with E-state index in [1.54, 1.807) is 0 Å². The molecule has 1 saturated carbocycles. The Kier molecular flexibility index (Phi) is 3.94. The van der Waals surface area contributed by atoms with Gasteiger partial charge >= 0.3 is 0 Å². The van der Waals surface area contributed by atoms with Crippen LogP contribution in [0.25, 0.3) is 0 Å². The molecule has 1 heterocycles. The second-order valence-electron chi connectivity index (χ2n) is 5.63. The average molecular weight is 265 g/mol. The summed E-state index contributed by atoms with van der Waals surface area (Å²) < 4.78 is 5.70. The molecule has 2 rings (SSSR count). The van der Waals surface area contributed by atoms with E-state index in [9.17, 15) is 4.79 Å². The molecule has 19 heavy (non-hydrogen) atoms. The van der Waals surface area contributed by atoms with Crippen molar-refractivity contribution in [3.8, 4) is 0 Å². The van der Waals surface area contributed by atoms with Gasteiger partial charge in [-0.3, -0.25) is 4.79 Å². The van der Waals surface area contributed by atoms with Crippen molar-refractivity contribution in [3.63, 3.8) is 0 Å². The SMILES string of the molecule is CCOC1CC(Nc2cc(=O)[nH]c(CC)n2)C1(C)C. The highest BCUT2D eigenvalue weighted by Gasteiger charge is 2.49. The second kappa shape index (κ2) is 5.33. The van der Waals surface area contributed by atoms with Gasteiger partial charge in [-0.15, -0.1) is 0 Å². The van der Waals surface area contributed by atoms with Crippen LogP contribution in [0.1, 0.15) is 39.9 Å². The molecule has 2 atom stereocenters. The van der Waals surface area contributed by atoms with Crippen molar-refractivity contribution in [2.24, 2.45) is 5.41 Å². The van der Waals surface area contributed by atoms with Gasteiger partial charge in [-0.2, -0.15) is 0 Å². The monoisotopic (exact) mass is 265 g/mol. The lowest BCUT2D eigenvalue weighted by Crippen LogP contribution is -2.58. The maximum absolute atomic E-state index is 11.5. The molecule has 1 fully saturated rings. The number of anilines is 1. The van der Waals surface area contributed by atoms with E-state index in [2.05, 4.69) is 29.1 Å². The largest absolute Gasteiger partial charge is 0.378 e. The molecule has 1 aromatic heterocycles. The summed E-state index contributed by atoms with van der Waals surface area (Å²) >= 11 is 0. The quantitative estimate of drug-likeness (QED) is 0.854. The lowest BCUT2D eigenvalue weighted by atomic mass is 9.64. The third-order valence-corrected chi connectivity index (χ3v) is 3.99. The van der Waals surface area contributed by atoms with Crippen LogP contribution in [-0.4, -0.2) is 28.7 Å². The molecule has 0 aromatic carbocycles. The summed E-state index contributed by atoms with van der Waals surface area (Å²) in [5.41, 5.74) is -0.0417. The number of aromatic nitrogens is 2. The number of nitrogens with one attached hydrogen (secondary N) is 2. The molecule has 0 saturated heterocycles. The Labute approximate surface area is 113 Å². The first kappa shape index (κ1) is 14.1. The molecule has 106 valence electrons. The van der Waals surface area contributed by atoms with E-state index in [0.717, 1.165) is 19.4 Å². The lowest BCUT2D eigenvalue weighted by molar-refractivity contribution is -0.0976. The number of hydrogen-bond acceptors (Lipinski definition) is 4. The fraction of sp³-hybridized carbons (Fsp3) is 0.714. The Hall–Kier alpha value is -1.36. The predicted octanol–water partition coefficient (Wildman–Crippen LogP) is 1.95. The van der Waals surface area contributed by atoms with Crippen LogP contribution >= 0.6 is 0 Å². The van der Waals surface area contributed by atoms with Crippen molar-refractivity contribution in [2.75, 3.05) is 11.9 Å². The van der Waals surface area contributed by atoms with Gasteiger partial charge in [-0.05, 0) is 13.3 Å². The predicted molar refractivity (Wildman–Crippen MR) is 75.5 cm³/mol. The van der Waals surface area contributed by atoms with Crippen molar-refractivity contribution < 1.29 is 4.74 Å². The van der Waals surface area contributed by atoms with E-state index in [1.165, 1.54) is 6.07 Å². The molecular formula is C14H23N3O2. The van der Waals surface area contributed by atoms with E-state index in [0.29, 0.717) is 17.7 Å². The maximum atomic E-state index is 11.5. The van der Waals surface area contributed by atoms with E-state index in [4.69, 9.17) is 4.74 Å². The standard InChI is InChI=1S/C14H23N3O2/c1-5-11-16-12(8-13(18)17-11)15-9-7-10(19-6-2)14(9,3)4/h8-10H,5-7H2,1-4H3,(H2,15,16,17,18). The molecule has 2 N–H and O–H groups in total. The fourth-order valence-electron chi connectivity index (χ4n) is 2.54. The first-order chi connectivity index (χ1) is 8.97. The highest BCUT2D eigenvalue weighted by molar-refractivity contribution is 5.37. The van der Waals surface area contributed by atoms with E-state index in [-0.39, 0.29) is 17.1 Å². The van der Waals surface area contributed by atoms with Gasteiger partial charge < -0.3 is 15.0 Å². The molecule has 5 heteroatoms. The van der Waals surface area contributed by atoms with Crippen LogP contribution in [-0.2, 0) is 11.2 Å². The van der Waals surface area contributed by atoms with Crippen molar-refractivity contribution in [2.45, 2.75) is 52.7 Å². The summed E-state index contributed by atoms with van der Waals surface area (Å²) in [5, 5.41) is 3.36. The van der Waals surface area contributed by atoms with Gasteiger partial charge in [0.1, 0.15) is 11.6 Å². The third-order valence-electron chi connectivity index (χ3n) is 3.99. The van der Waals surface area contributed by atoms with Gasteiger partial charge in [0.25, 0.3) is 5.56 Å². The highest BCUT2D eigenvalue weighted by Crippen LogP contribution is 2.44. The molecule has 0 spiro atoms. The molecule has 0 aliphatic heterocycles. The average Bonchev–Trinajstić information content (AvgIpc) is 2.37. The summed E-state index contributed by atoms with van der Waals surface area (Å²) in [4.78, 5) is 18.7. The maximum Gasteiger partial charge on any atom is 0.252 e. The first-order valence-electron chi connectivity index (χ1n) is 6.95. The van der Waals surface area contributed by atoms with Gasteiger partial charge in [0, 0.05) is 30.6 Å². The van der Waals surface area contributed by atoms with Crippen LogP contribution in [0.15, 0.2) is 10.9 Å². The van der Waals surface area contributed by atoms with Crippen LogP contribution < -0.4 is 10.9 Å². The lowest BCUT2D eigenvalue weighted by Gasteiger charge is -2.51. The minimum absolute atomic E-state index is 0.0622. The van der Waals surface area contributed by atoms with E-state index < -0.39 is 0 Å². The second-order valence-corrected chi connectivity index (χ2v) is 5.63. The van der Waals surface area contributed by atoms with E-state index >= 15 is 0 Å². The van der Waals surface area contributed by atoms with Gasteiger partial charge in [-0.25, -0.2) is 4.98 Å². The minimum Gasteiger partial charge on any atom is -0.378 e. The van der Waals surface area contributed by atoms with Crippen molar-refractivity contribution in [1.29, 1.82) is 0 Å². The fourth-order valence-corrected chi connectivity index (χ4v) is 2.54. The molecule has 0 bridgehead atoms. The molecule has 0 amide bonds. The van der Waals surface area contributed by atoms with Crippen molar-refractivity contribution in [3.05, 3.63) is 22.2 Å². The topological polar surface area (TPSA) is 67.0 Å². The molecule has 2 unspecified atom stereocenters. The van der Waals surface area contributed by atoms with Crippen molar-refractivity contribution >= 4 is 5.82 Å². The summed E-state index contributed by atoms with van der Waals surface area (Å²) in [6, 6.07) is 1.81. The Morgan fingerprint density at radius 1 is 1.53 bits per heavy atom. The number of rotatable bonds is 5. The van der Waals surface area contributed by atoms with Crippen LogP contribution in [0, 0.1) is 5.41 Å². The molecule has 1 aliphatic rings. The van der Waals surface area contributed by atoms with Crippen LogP contribution in [0.5, 0.6) is 0 Å².